The molecule has 2 rings (SSSR count). The monoisotopic (exact) mass is 330 g/mol. The predicted octanol–water partition coefficient (Wildman–Crippen LogP) is 5.60. The average Bonchev–Trinajstić information content (AvgIpc) is 3.15. The highest BCUT2D eigenvalue weighted by atomic mass is 16.3. The molecule has 0 saturated carbocycles. The minimum absolute atomic E-state index is 0.230. The molecule has 0 aliphatic rings. The molecule has 2 aromatic rings. The van der Waals surface area contributed by atoms with E-state index in [2.05, 4.69) is 53.7 Å². The van der Waals surface area contributed by atoms with E-state index >= 15 is 0 Å². The van der Waals surface area contributed by atoms with Crippen molar-refractivity contribution in [1.82, 2.24) is 0 Å². The zero-order chi connectivity index (χ0) is 18.0. The third-order valence-corrected chi connectivity index (χ3v) is 4.74. The minimum atomic E-state index is -0.293. The molecule has 0 fully saturated rings. The van der Waals surface area contributed by atoms with Crippen LogP contribution in [0, 0.1) is 0 Å². The molecule has 0 N–H and O–H groups in total. The Bertz CT molecular complexity index is 627. The van der Waals surface area contributed by atoms with Gasteiger partial charge in [0.15, 0.2) is 0 Å². The number of Topliss-reactive ketones (excluding diaryl/α,β-unsaturated/α-hetero) is 1. The Morgan fingerprint density at radius 3 is 1.50 bits per heavy atom. The molecule has 0 atom stereocenters. The van der Waals surface area contributed by atoms with Crippen LogP contribution in [0.25, 0.3) is 0 Å². The van der Waals surface area contributed by atoms with Crippen LogP contribution in [0.2, 0.25) is 0 Å². The Labute approximate surface area is 145 Å². The summed E-state index contributed by atoms with van der Waals surface area (Å²) >= 11 is 0. The van der Waals surface area contributed by atoms with Gasteiger partial charge in [-0.1, -0.05) is 41.5 Å². The number of ketones is 1. The lowest BCUT2D eigenvalue weighted by molar-refractivity contribution is -0.121. The topological polar surface area (TPSA) is 43.4 Å². The van der Waals surface area contributed by atoms with Gasteiger partial charge in [-0.15, -0.1) is 0 Å². The highest BCUT2D eigenvalue weighted by Crippen LogP contribution is 2.34. The standard InChI is InChI=1S/C21H30O3/c1-7-15-9-18(23-13-15)20(3,4)11-17(22)12-21(5,6)19-10-16(8-2)14-24-19/h9-10,13-14H,7-8,11-12H2,1-6H3. The molecule has 0 aromatic carbocycles. The van der Waals surface area contributed by atoms with Crippen LogP contribution in [0.4, 0.5) is 0 Å². The molecule has 3 heteroatoms. The van der Waals surface area contributed by atoms with Gasteiger partial charge >= 0.3 is 0 Å². The van der Waals surface area contributed by atoms with E-state index in [1.807, 2.05) is 0 Å². The Kier molecular flexibility index (Phi) is 5.42. The summed E-state index contributed by atoms with van der Waals surface area (Å²) in [6.07, 6.45) is 6.40. The second kappa shape index (κ2) is 7.00. The van der Waals surface area contributed by atoms with Crippen molar-refractivity contribution >= 4 is 5.78 Å². The van der Waals surface area contributed by atoms with Crippen LogP contribution in [0.5, 0.6) is 0 Å². The van der Waals surface area contributed by atoms with Crippen molar-refractivity contribution in [2.45, 2.75) is 78.1 Å². The van der Waals surface area contributed by atoms with Gasteiger partial charge in [0, 0.05) is 23.7 Å². The molecule has 0 spiro atoms. The van der Waals surface area contributed by atoms with Crippen molar-refractivity contribution in [3.8, 4) is 0 Å². The number of hydrogen-bond donors (Lipinski definition) is 0. The van der Waals surface area contributed by atoms with Crippen molar-refractivity contribution in [1.29, 1.82) is 0 Å². The Hall–Kier alpha value is -1.77. The van der Waals surface area contributed by atoms with Gasteiger partial charge in [0.1, 0.15) is 17.3 Å². The van der Waals surface area contributed by atoms with Gasteiger partial charge in [0.2, 0.25) is 0 Å². The van der Waals surface area contributed by atoms with Crippen molar-refractivity contribution in [3.05, 3.63) is 47.3 Å². The van der Waals surface area contributed by atoms with Crippen molar-refractivity contribution in [2.75, 3.05) is 0 Å². The third-order valence-electron chi connectivity index (χ3n) is 4.74. The summed E-state index contributed by atoms with van der Waals surface area (Å²) in [5.41, 5.74) is 1.76. The van der Waals surface area contributed by atoms with Gasteiger partial charge in [0.05, 0.1) is 12.5 Å². The van der Waals surface area contributed by atoms with Gasteiger partial charge in [-0.25, -0.2) is 0 Å². The van der Waals surface area contributed by atoms with Crippen LogP contribution in [0.15, 0.2) is 33.5 Å². The molecular formula is C21H30O3. The summed E-state index contributed by atoms with van der Waals surface area (Å²) in [5, 5.41) is 0. The molecule has 2 aromatic heterocycles. The zero-order valence-corrected chi connectivity index (χ0v) is 15.9. The van der Waals surface area contributed by atoms with Crippen LogP contribution < -0.4 is 0 Å². The molecule has 0 saturated heterocycles. The molecule has 0 amide bonds. The molecule has 132 valence electrons. The first-order chi connectivity index (χ1) is 11.2. The van der Waals surface area contributed by atoms with Crippen LogP contribution in [-0.2, 0) is 28.5 Å². The lowest BCUT2D eigenvalue weighted by atomic mass is 9.78. The largest absolute Gasteiger partial charge is 0.468 e. The zero-order valence-electron chi connectivity index (χ0n) is 15.9. The van der Waals surface area contributed by atoms with E-state index < -0.39 is 0 Å². The van der Waals surface area contributed by atoms with E-state index in [0.29, 0.717) is 12.8 Å². The number of rotatable bonds is 8. The van der Waals surface area contributed by atoms with E-state index in [1.165, 1.54) is 11.1 Å². The van der Waals surface area contributed by atoms with Gasteiger partial charge in [-0.2, -0.15) is 0 Å². The van der Waals surface area contributed by atoms with E-state index in [4.69, 9.17) is 8.83 Å². The van der Waals surface area contributed by atoms with Crippen LogP contribution in [0.3, 0.4) is 0 Å². The first-order valence-corrected chi connectivity index (χ1v) is 8.85. The minimum Gasteiger partial charge on any atom is -0.468 e. The maximum Gasteiger partial charge on any atom is 0.134 e. The highest BCUT2D eigenvalue weighted by molar-refractivity contribution is 5.81. The molecule has 0 aliphatic carbocycles. The summed E-state index contributed by atoms with van der Waals surface area (Å²) in [6.45, 7) is 12.5. The van der Waals surface area contributed by atoms with E-state index in [0.717, 1.165) is 24.4 Å². The first-order valence-electron chi connectivity index (χ1n) is 8.85. The fourth-order valence-electron chi connectivity index (χ4n) is 3.05. The molecule has 24 heavy (non-hydrogen) atoms. The van der Waals surface area contributed by atoms with Crippen LogP contribution in [-0.4, -0.2) is 5.78 Å². The molecule has 0 bridgehead atoms. The third kappa shape index (κ3) is 4.19. The highest BCUT2D eigenvalue weighted by Gasteiger charge is 2.32. The summed E-state index contributed by atoms with van der Waals surface area (Å²) in [7, 11) is 0. The fraction of sp³-hybridized carbons (Fsp3) is 0.571. The smallest absolute Gasteiger partial charge is 0.134 e. The summed E-state index contributed by atoms with van der Waals surface area (Å²) in [6, 6.07) is 4.14. The number of carbonyl (C=O) groups excluding carboxylic acids is 1. The molecule has 3 nitrogen and oxygen atoms in total. The van der Waals surface area contributed by atoms with Gasteiger partial charge in [-0.3, -0.25) is 4.79 Å². The first kappa shape index (κ1) is 18.6. The van der Waals surface area contributed by atoms with Crippen molar-refractivity contribution < 1.29 is 13.6 Å². The Balaban J connectivity index is 2.05. The van der Waals surface area contributed by atoms with Gasteiger partial charge in [0.25, 0.3) is 0 Å². The second-order valence-corrected chi connectivity index (χ2v) is 8.01. The van der Waals surface area contributed by atoms with Gasteiger partial charge in [-0.05, 0) is 36.1 Å². The molecule has 0 radical (unpaired) electrons. The maximum absolute atomic E-state index is 12.7. The number of aryl methyl sites for hydroxylation is 2. The van der Waals surface area contributed by atoms with Gasteiger partial charge < -0.3 is 8.83 Å². The Morgan fingerprint density at radius 1 is 0.833 bits per heavy atom. The van der Waals surface area contributed by atoms with Crippen molar-refractivity contribution in [3.63, 3.8) is 0 Å². The molecular weight excluding hydrogens is 300 g/mol. The van der Waals surface area contributed by atoms with E-state index in [9.17, 15) is 4.79 Å². The van der Waals surface area contributed by atoms with E-state index in [1.54, 1.807) is 12.5 Å². The van der Waals surface area contributed by atoms with Crippen LogP contribution in [0.1, 0.15) is 77.0 Å². The quantitative estimate of drug-likeness (QED) is 0.632. The average molecular weight is 330 g/mol. The number of furan rings is 2. The molecule has 0 aliphatic heterocycles. The second-order valence-electron chi connectivity index (χ2n) is 8.01. The molecule has 2 heterocycles. The fourth-order valence-corrected chi connectivity index (χ4v) is 3.05. The Morgan fingerprint density at radius 2 is 1.21 bits per heavy atom. The summed E-state index contributed by atoms with van der Waals surface area (Å²) < 4.78 is 11.4. The maximum atomic E-state index is 12.7. The van der Waals surface area contributed by atoms with E-state index in [-0.39, 0.29) is 16.6 Å². The lowest BCUT2D eigenvalue weighted by Gasteiger charge is -2.25. The summed E-state index contributed by atoms with van der Waals surface area (Å²) in [4.78, 5) is 12.7. The predicted molar refractivity (Wildman–Crippen MR) is 96.5 cm³/mol. The summed E-state index contributed by atoms with van der Waals surface area (Å²) in [5.74, 6) is 2.00. The SMILES string of the molecule is CCc1coc(C(C)(C)CC(=O)CC(C)(C)c2cc(CC)co2)c1. The van der Waals surface area contributed by atoms with Crippen molar-refractivity contribution in [2.24, 2.45) is 0 Å². The van der Waals surface area contributed by atoms with Crippen LogP contribution >= 0.6 is 0 Å². The number of hydrogen-bond acceptors (Lipinski definition) is 3. The normalized spacial score (nSPS) is 12.6. The lowest BCUT2D eigenvalue weighted by Crippen LogP contribution is -2.27. The number of carbonyl (C=O) groups is 1. The molecule has 0 unspecified atom stereocenters.